The number of amides is 3. The van der Waals surface area contributed by atoms with E-state index < -0.39 is 53.3 Å². The lowest BCUT2D eigenvalue weighted by Gasteiger charge is -2.24. The molecule has 1 saturated carbocycles. The maximum atomic E-state index is 13.0. The van der Waals surface area contributed by atoms with E-state index in [1.807, 2.05) is 30.4 Å². The van der Waals surface area contributed by atoms with Gasteiger partial charge in [-0.3, -0.25) is 14.4 Å². The molecule has 2 aliphatic carbocycles. The molecule has 1 aromatic carbocycles. The second-order valence-electron chi connectivity index (χ2n) is 10.3. The second-order valence-corrected chi connectivity index (χ2v) is 10.3. The average molecular weight is 499 g/mol. The van der Waals surface area contributed by atoms with Crippen LogP contribution in [0.15, 0.2) is 42.5 Å². The summed E-state index contributed by atoms with van der Waals surface area (Å²) in [6.07, 6.45) is 3.29. The summed E-state index contributed by atoms with van der Waals surface area (Å²) in [5.74, 6) is -3.92. The topological polar surface area (TPSA) is 128 Å². The first-order valence-corrected chi connectivity index (χ1v) is 12.0. The van der Waals surface area contributed by atoms with Crippen molar-refractivity contribution in [3.8, 4) is 0 Å². The standard InChI is InChI=1S/C26H30N2O8/c1-26(2,3)35-25(33)27-18(11-12-19(29)34-14-15-7-5-4-6-8-15)24(32)36-28-22(30)20-16-9-10-17(13-16)21(20)23(28)31/h4-10,16-18,20-21H,11-14H2,1-3H3,(H,27,33). The summed E-state index contributed by atoms with van der Waals surface area (Å²) in [5.41, 5.74) is -0.0358. The number of nitrogens with one attached hydrogen (secondary N) is 1. The van der Waals surface area contributed by atoms with Gasteiger partial charge in [0.1, 0.15) is 18.2 Å². The van der Waals surface area contributed by atoms with Crippen molar-refractivity contribution in [2.45, 2.75) is 58.3 Å². The molecule has 10 nitrogen and oxygen atoms in total. The summed E-state index contributed by atoms with van der Waals surface area (Å²) in [4.78, 5) is 68.5. The van der Waals surface area contributed by atoms with E-state index in [1.54, 1.807) is 32.9 Å². The number of allylic oxidation sites excluding steroid dienone is 2. The molecule has 10 heteroatoms. The minimum atomic E-state index is -1.35. The van der Waals surface area contributed by atoms with E-state index in [0.717, 1.165) is 12.0 Å². The van der Waals surface area contributed by atoms with Gasteiger partial charge in [-0.25, -0.2) is 9.59 Å². The van der Waals surface area contributed by atoms with E-state index in [-0.39, 0.29) is 31.3 Å². The molecule has 5 unspecified atom stereocenters. The zero-order valence-corrected chi connectivity index (χ0v) is 20.5. The van der Waals surface area contributed by atoms with Gasteiger partial charge in [-0.15, -0.1) is 5.06 Å². The van der Waals surface area contributed by atoms with Crippen LogP contribution in [-0.2, 0) is 40.1 Å². The maximum absolute atomic E-state index is 13.0. The number of hydrogen-bond acceptors (Lipinski definition) is 8. The number of benzene rings is 1. The molecule has 1 saturated heterocycles. The second kappa shape index (κ2) is 10.1. The van der Waals surface area contributed by atoms with Gasteiger partial charge < -0.3 is 19.6 Å². The molecule has 36 heavy (non-hydrogen) atoms. The Balaban J connectivity index is 1.38. The van der Waals surface area contributed by atoms with Crippen LogP contribution >= 0.6 is 0 Å². The quantitative estimate of drug-likeness (QED) is 0.329. The van der Waals surface area contributed by atoms with Crippen molar-refractivity contribution in [1.29, 1.82) is 0 Å². The van der Waals surface area contributed by atoms with Crippen molar-refractivity contribution in [1.82, 2.24) is 10.4 Å². The molecule has 1 N–H and O–H groups in total. The van der Waals surface area contributed by atoms with Gasteiger partial charge in [0.05, 0.1) is 11.8 Å². The van der Waals surface area contributed by atoms with Crippen LogP contribution in [0.3, 0.4) is 0 Å². The fourth-order valence-electron chi connectivity index (χ4n) is 4.89. The highest BCUT2D eigenvalue weighted by Crippen LogP contribution is 2.52. The SMILES string of the molecule is CC(C)(C)OC(=O)NC(CCC(=O)OCc1ccccc1)C(=O)ON1C(=O)C2C3C=CC(C3)C2C1=O. The molecular formula is C26H30N2O8. The first-order valence-electron chi connectivity index (χ1n) is 12.0. The zero-order chi connectivity index (χ0) is 26.0. The van der Waals surface area contributed by atoms with E-state index >= 15 is 0 Å². The number of hydrogen-bond donors (Lipinski definition) is 1. The molecule has 2 bridgehead atoms. The van der Waals surface area contributed by atoms with Gasteiger partial charge in [-0.1, -0.05) is 42.5 Å². The van der Waals surface area contributed by atoms with Crippen LogP contribution < -0.4 is 5.32 Å². The molecule has 1 aliphatic heterocycles. The van der Waals surface area contributed by atoms with Crippen LogP contribution in [-0.4, -0.2) is 46.6 Å². The number of fused-ring (bicyclic) bond motifs is 5. The highest BCUT2D eigenvalue weighted by Gasteiger charge is 2.61. The van der Waals surface area contributed by atoms with Gasteiger partial charge in [-0.2, -0.15) is 0 Å². The average Bonchev–Trinajstić information content (AvgIpc) is 3.50. The summed E-state index contributed by atoms with van der Waals surface area (Å²) in [7, 11) is 0. The first-order chi connectivity index (χ1) is 17.0. The third-order valence-electron chi connectivity index (χ3n) is 6.47. The van der Waals surface area contributed by atoms with E-state index in [0.29, 0.717) is 5.06 Å². The number of rotatable bonds is 8. The minimum Gasteiger partial charge on any atom is -0.461 e. The lowest BCUT2D eigenvalue weighted by Crippen LogP contribution is -2.47. The van der Waals surface area contributed by atoms with Gasteiger partial charge in [0.2, 0.25) is 0 Å². The molecule has 2 fully saturated rings. The van der Waals surface area contributed by atoms with Crippen molar-refractivity contribution in [2.75, 3.05) is 0 Å². The number of nitrogens with zero attached hydrogens (tertiary/aromatic N) is 1. The summed E-state index contributed by atoms with van der Waals surface area (Å²) in [6, 6.07) is 7.73. The maximum Gasteiger partial charge on any atom is 0.408 e. The molecule has 4 rings (SSSR count). The van der Waals surface area contributed by atoms with E-state index in [4.69, 9.17) is 14.3 Å². The Hall–Kier alpha value is -3.69. The molecule has 0 aromatic heterocycles. The van der Waals surface area contributed by atoms with E-state index in [1.165, 1.54) is 0 Å². The zero-order valence-electron chi connectivity index (χ0n) is 20.5. The highest BCUT2D eigenvalue weighted by molar-refractivity contribution is 6.06. The Kier molecular flexibility index (Phi) is 7.14. The predicted molar refractivity (Wildman–Crippen MR) is 124 cm³/mol. The monoisotopic (exact) mass is 498 g/mol. The van der Waals surface area contributed by atoms with Crippen LogP contribution in [0, 0.1) is 23.7 Å². The number of alkyl carbamates (subject to hydrolysis) is 1. The molecule has 0 spiro atoms. The Bertz CT molecular complexity index is 1050. The van der Waals surface area contributed by atoms with Crippen LogP contribution in [0.1, 0.15) is 45.6 Å². The van der Waals surface area contributed by atoms with Crippen molar-refractivity contribution >= 4 is 29.8 Å². The normalized spacial score (nSPS) is 24.9. The number of ether oxygens (including phenoxy) is 2. The molecule has 192 valence electrons. The van der Waals surface area contributed by atoms with Crippen molar-refractivity contribution in [3.05, 3.63) is 48.0 Å². The Morgan fingerprint density at radius 1 is 1.03 bits per heavy atom. The number of esters is 1. The Labute approximate surface area is 208 Å². The summed E-state index contributed by atoms with van der Waals surface area (Å²) < 4.78 is 10.4. The summed E-state index contributed by atoms with van der Waals surface area (Å²) in [6.45, 7) is 5.03. The molecule has 3 amide bonds. The number of carbonyl (C=O) groups is 5. The van der Waals surface area contributed by atoms with Crippen LogP contribution in [0.25, 0.3) is 0 Å². The smallest absolute Gasteiger partial charge is 0.408 e. The molecule has 3 aliphatic rings. The largest absolute Gasteiger partial charge is 0.461 e. The first kappa shape index (κ1) is 25.4. The summed E-state index contributed by atoms with van der Waals surface area (Å²) >= 11 is 0. The fourth-order valence-corrected chi connectivity index (χ4v) is 4.89. The molecular weight excluding hydrogens is 468 g/mol. The molecule has 1 aromatic rings. The summed E-state index contributed by atoms with van der Waals surface area (Å²) in [5, 5.41) is 2.90. The van der Waals surface area contributed by atoms with Gasteiger partial charge in [0, 0.05) is 6.42 Å². The minimum absolute atomic E-state index is 0.0461. The number of carbonyl (C=O) groups excluding carboxylic acids is 5. The van der Waals surface area contributed by atoms with E-state index in [9.17, 15) is 24.0 Å². The number of hydroxylamine groups is 2. The van der Waals surface area contributed by atoms with Crippen LogP contribution in [0.2, 0.25) is 0 Å². The molecule has 0 radical (unpaired) electrons. The molecule has 5 atom stereocenters. The van der Waals surface area contributed by atoms with Gasteiger partial charge in [-0.05, 0) is 51.0 Å². The van der Waals surface area contributed by atoms with Crippen molar-refractivity contribution < 1.29 is 38.3 Å². The van der Waals surface area contributed by atoms with Gasteiger partial charge in [0.15, 0.2) is 0 Å². The Morgan fingerprint density at radius 2 is 1.64 bits per heavy atom. The fraction of sp³-hybridized carbons (Fsp3) is 0.500. The number of imide groups is 1. The van der Waals surface area contributed by atoms with Gasteiger partial charge >= 0.3 is 18.0 Å². The van der Waals surface area contributed by atoms with Crippen molar-refractivity contribution in [3.63, 3.8) is 0 Å². The third-order valence-corrected chi connectivity index (χ3v) is 6.47. The van der Waals surface area contributed by atoms with E-state index in [2.05, 4.69) is 5.32 Å². The van der Waals surface area contributed by atoms with Gasteiger partial charge in [0.25, 0.3) is 11.8 Å². The lowest BCUT2D eigenvalue weighted by molar-refractivity contribution is -0.200. The highest BCUT2D eigenvalue weighted by atomic mass is 16.7. The van der Waals surface area contributed by atoms with Crippen molar-refractivity contribution in [2.24, 2.45) is 23.7 Å². The Morgan fingerprint density at radius 3 is 2.22 bits per heavy atom. The predicted octanol–water partition coefficient (Wildman–Crippen LogP) is 2.67. The van der Waals surface area contributed by atoms with Crippen LogP contribution in [0.5, 0.6) is 0 Å². The third kappa shape index (κ3) is 5.58. The molecule has 1 heterocycles. The van der Waals surface area contributed by atoms with Crippen LogP contribution in [0.4, 0.5) is 4.79 Å². The lowest BCUT2D eigenvalue weighted by atomic mass is 9.85.